The topological polar surface area (TPSA) is 78.9 Å². The van der Waals surface area contributed by atoms with Crippen molar-refractivity contribution in [2.45, 2.75) is 200 Å². The number of hydrogen-bond acceptors (Lipinski definition) is 6. The SMILES string of the molecule is CC/C=C\C/C=C\C/C=C\CCCCCCC(=O)OCC(COC(=O)CCCCCC/C=C\CCCC)OC(=O)CCCCCC/C=C\CCCC. The van der Waals surface area contributed by atoms with Gasteiger partial charge in [0.05, 0.1) is 0 Å². The summed E-state index contributed by atoms with van der Waals surface area (Å²) in [6.07, 6.45) is 47.8. The zero-order valence-electron chi connectivity index (χ0n) is 33.8. The molecule has 6 nitrogen and oxygen atoms in total. The van der Waals surface area contributed by atoms with Crippen LogP contribution in [0.5, 0.6) is 0 Å². The molecule has 0 rings (SSSR count). The molecule has 0 saturated carbocycles. The summed E-state index contributed by atoms with van der Waals surface area (Å²) in [6.45, 7) is 6.37. The summed E-state index contributed by atoms with van der Waals surface area (Å²) in [4.78, 5) is 37.6. The molecule has 0 spiro atoms. The number of esters is 3. The van der Waals surface area contributed by atoms with E-state index < -0.39 is 6.10 Å². The lowest BCUT2D eigenvalue weighted by atomic mass is 10.1. The molecule has 0 aliphatic heterocycles. The van der Waals surface area contributed by atoms with Crippen LogP contribution < -0.4 is 0 Å². The number of hydrogen-bond donors (Lipinski definition) is 0. The molecule has 52 heavy (non-hydrogen) atoms. The second-order valence-electron chi connectivity index (χ2n) is 13.9. The van der Waals surface area contributed by atoms with Gasteiger partial charge in [-0.05, 0) is 89.9 Å². The highest BCUT2D eigenvalue weighted by atomic mass is 16.6. The largest absolute Gasteiger partial charge is 0.462 e. The van der Waals surface area contributed by atoms with Crippen LogP contribution >= 0.6 is 0 Å². The Kier molecular flexibility index (Phi) is 38.6. The Balaban J connectivity index is 4.43. The van der Waals surface area contributed by atoms with Gasteiger partial charge in [-0.1, -0.05) is 146 Å². The van der Waals surface area contributed by atoms with E-state index >= 15 is 0 Å². The van der Waals surface area contributed by atoms with Crippen molar-refractivity contribution in [3.05, 3.63) is 60.8 Å². The Morgan fingerprint density at radius 1 is 0.404 bits per heavy atom. The summed E-state index contributed by atoms with van der Waals surface area (Å²) >= 11 is 0. The highest BCUT2D eigenvalue weighted by Gasteiger charge is 2.19. The normalized spacial score (nSPS) is 12.6. The van der Waals surface area contributed by atoms with Crippen LogP contribution in [0.2, 0.25) is 0 Å². The van der Waals surface area contributed by atoms with Crippen molar-refractivity contribution in [2.75, 3.05) is 13.2 Å². The van der Waals surface area contributed by atoms with E-state index in [9.17, 15) is 14.4 Å². The van der Waals surface area contributed by atoms with Gasteiger partial charge in [0.25, 0.3) is 0 Å². The van der Waals surface area contributed by atoms with E-state index in [1.807, 2.05) is 0 Å². The number of carbonyl (C=O) groups excluding carboxylic acids is 3. The molecular formula is C46H78O6. The molecule has 0 N–H and O–H groups in total. The summed E-state index contributed by atoms with van der Waals surface area (Å²) in [5.74, 6) is -0.951. The fourth-order valence-electron chi connectivity index (χ4n) is 5.47. The van der Waals surface area contributed by atoms with E-state index in [0.29, 0.717) is 19.3 Å². The van der Waals surface area contributed by atoms with Gasteiger partial charge in [0.1, 0.15) is 13.2 Å². The molecule has 0 amide bonds. The summed E-state index contributed by atoms with van der Waals surface area (Å²) in [5.41, 5.74) is 0. The minimum Gasteiger partial charge on any atom is -0.462 e. The summed E-state index contributed by atoms with van der Waals surface area (Å²) in [5, 5.41) is 0. The zero-order valence-corrected chi connectivity index (χ0v) is 33.8. The van der Waals surface area contributed by atoms with Gasteiger partial charge in [-0.15, -0.1) is 0 Å². The van der Waals surface area contributed by atoms with E-state index in [-0.39, 0.29) is 31.1 Å². The van der Waals surface area contributed by atoms with E-state index in [2.05, 4.69) is 81.5 Å². The van der Waals surface area contributed by atoms with Crippen LogP contribution in [-0.2, 0) is 28.6 Å². The van der Waals surface area contributed by atoms with Crippen molar-refractivity contribution in [3.8, 4) is 0 Å². The fraction of sp³-hybridized carbons (Fsp3) is 0.717. The second kappa shape index (κ2) is 40.9. The van der Waals surface area contributed by atoms with Crippen LogP contribution in [0.3, 0.4) is 0 Å². The Morgan fingerprint density at radius 3 is 1.17 bits per heavy atom. The first kappa shape index (κ1) is 49.1. The molecule has 0 saturated heterocycles. The molecule has 298 valence electrons. The van der Waals surface area contributed by atoms with E-state index in [0.717, 1.165) is 128 Å². The Labute approximate surface area is 320 Å². The molecule has 0 aromatic carbocycles. The molecule has 1 unspecified atom stereocenters. The van der Waals surface area contributed by atoms with Crippen LogP contribution in [0, 0.1) is 0 Å². The summed E-state index contributed by atoms with van der Waals surface area (Å²) < 4.78 is 16.6. The third kappa shape index (κ3) is 38.3. The predicted octanol–water partition coefficient (Wildman–Crippen LogP) is 13.4. The van der Waals surface area contributed by atoms with Gasteiger partial charge in [0.15, 0.2) is 6.10 Å². The molecule has 0 bridgehead atoms. The molecular weight excluding hydrogens is 648 g/mol. The summed E-state index contributed by atoms with van der Waals surface area (Å²) in [7, 11) is 0. The number of ether oxygens (including phenoxy) is 3. The van der Waals surface area contributed by atoms with Gasteiger partial charge < -0.3 is 14.2 Å². The molecule has 0 aliphatic carbocycles. The molecule has 0 aliphatic rings. The van der Waals surface area contributed by atoms with Gasteiger partial charge in [-0.2, -0.15) is 0 Å². The fourth-order valence-corrected chi connectivity index (χ4v) is 5.47. The van der Waals surface area contributed by atoms with Gasteiger partial charge in [0, 0.05) is 19.3 Å². The van der Waals surface area contributed by atoms with Crippen LogP contribution in [0.4, 0.5) is 0 Å². The minimum absolute atomic E-state index is 0.0933. The average Bonchev–Trinajstić information content (AvgIpc) is 3.14. The van der Waals surface area contributed by atoms with Gasteiger partial charge in [-0.25, -0.2) is 0 Å². The maximum Gasteiger partial charge on any atom is 0.306 e. The molecule has 0 aromatic rings. The van der Waals surface area contributed by atoms with Crippen LogP contribution in [0.15, 0.2) is 60.8 Å². The minimum atomic E-state index is -0.789. The Bertz CT molecular complexity index is 975. The summed E-state index contributed by atoms with van der Waals surface area (Å²) in [6, 6.07) is 0. The molecule has 0 fully saturated rings. The first-order valence-corrected chi connectivity index (χ1v) is 21.3. The smallest absolute Gasteiger partial charge is 0.306 e. The molecule has 0 radical (unpaired) electrons. The average molecular weight is 727 g/mol. The lowest BCUT2D eigenvalue weighted by Gasteiger charge is -2.18. The number of carbonyl (C=O) groups is 3. The Hall–Kier alpha value is -2.89. The highest BCUT2D eigenvalue weighted by molar-refractivity contribution is 5.71. The van der Waals surface area contributed by atoms with Crippen molar-refractivity contribution in [1.29, 1.82) is 0 Å². The Morgan fingerprint density at radius 2 is 0.750 bits per heavy atom. The lowest BCUT2D eigenvalue weighted by molar-refractivity contribution is -0.167. The zero-order chi connectivity index (χ0) is 38.0. The number of unbranched alkanes of at least 4 members (excludes halogenated alkanes) is 16. The molecule has 0 heterocycles. The third-order valence-corrected chi connectivity index (χ3v) is 8.73. The second-order valence-corrected chi connectivity index (χ2v) is 13.9. The van der Waals surface area contributed by atoms with Crippen molar-refractivity contribution >= 4 is 17.9 Å². The highest BCUT2D eigenvalue weighted by Crippen LogP contribution is 2.12. The first-order chi connectivity index (χ1) is 25.5. The van der Waals surface area contributed by atoms with E-state index in [4.69, 9.17) is 14.2 Å². The molecule has 1 atom stereocenters. The van der Waals surface area contributed by atoms with Gasteiger partial charge in [-0.3, -0.25) is 14.4 Å². The quantitative estimate of drug-likeness (QED) is 0.0274. The van der Waals surface area contributed by atoms with Crippen molar-refractivity contribution in [2.24, 2.45) is 0 Å². The first-order valence-electron chi connectivity index (χ1n) is 21.3. The number of rotatable bonds is 37. The molecule has 0 aromatic heterocycles. The standard InChI is InChI=1S/C46H78O6/c1-4-7-10-13-16-19-22-23-24-25-28-30-33-36-39-45(48)51-42-43(52-46(49)40-37-34-31-27-21-18-15-12-9-6-3)41-50-44(47)38-35-32-29-26-20-17-14-11-8-5-2/h7,10,14-19,23-24,43H,4-6,8-9,11-13,20-22,25-42H2,1-3H3/b10-7-,17-14-,18-15-,19-16-,24-23-. The van der Waals surface area contributed by atoms with Crippen LogP contribution in [0.25, 0.3) is 0 Å². The van der Waals surface area contributed by atoms with Gasteiger partial charge in [0.2, 0.25) is 0 Å². The van der Waals surface area contributed by atoms with E-state index in [1.54, 1.807) is 0 Å². The van der Waals surface area contributed by atoms with Crippen molar-refractivity contribution < 1.29 is 28.6 Å². The van der Waals surface area contributed by atoms with Crippen molar-refractivity contribution in [1.82, 2.24) is 0 Å². The molecule has 6 heteroatoms. The maximum atomic E-state index is 12.6. The lowest BCUT2D eigenvalue weighted by Crippen LogP contribution is -2.30. The van der Waals surface area contributed by atoms with Gasteiger partial charge >= 0.3 is 17.9 Å². The predicted molar refractivity (Wildman–Crippen MR) is 219 cm³/mol. The van der Waals surface area contributed by atoms with Crippen molar-refractivity contribution in [3.63, 3.8) is 0 Å². The third-order valence-electron chi connectivity index (χ3n) is 8.73. The monoisotopic (exact) mass is 727 g/mol. The maximum absolute atomic E-state index is 12.6. The van der Waals surface area contributed by atoms with Crippen LogP contribution in [-0.4, -0.2) is 37.2 Å². The number of allylic oxidation sites excluding steroid dienone is 10. The van der Waals surface area contributed by atoms with Crippen LogP contribution in [0.1, 0.15) is 194 Å². The van der Waals surface area contributed by atoms with E-state index in [1.165, 1.54) is 25.7 Å².